The van der Waals surface area contributed by atoms with Crippen molar-refractivity contribution in [2.75, 3.05) is 11.6 Å². The number of fused-ring (bicyclic) bond motifs is 1. The minimum absolute atomic E-state index is 0.0472. The number of nitrogens with zero attached hydrogens (tertiary/aromatic N) is 2. The molecule has 0 saturated carbocycles. The number of aromatic nitrogens is 1. The number of para-hydroxylation sites is 1. The SMILES string of the molecule is CC(C)(C)c1ccccc1N1CNC(=O)c2cc(Cl)c(Cl)nc21. The van der Waals surface area contributed by atoms with E-state index in [1.54, 1.807) is 6.07 Å². The first-order chi connectivity index (χ1) is 10.8. The molecule has 3 rings (SSSR count). The number of halogens is 2. The van der Waals surface area contributed by atoms with Crippen LogP contribution in [0.5, 0.6) is 0 Å². The van der Waals surface area contributed by atoms with Gasteiger partial charge in [-0.25, -0.2) is 4.98 Å². The van der Waals surface area contributed by atoms with E-state index in [-0.39, 0.29) is 21.5 Å². The average molecular weight is 350 g/mol. The molecule has 0 unspecified atom stereocenters. The van der Waals surface area contributed by atoms with Gasteiger partial charge in [-0.2, -0.15) is 0 Å². The number of hydrogen-bond acceptors (Lipinski definition) is 3. The lowest BCUT2D eigenvalue weighted by Crippen LogP contribution is -2.42. The molecule has 0 radical (unpaired) electrons. The second-order valence-electron chi connectivity index (χ2n) is 6.49. The van der Waals surface area contributed by atoms with E-state index in [1.165, 1.54) is 0 Å². The summed E-state index contributed by atoms with van der Waals surface area (Å²) in [6, 6.07) is 9.65. The monoisotopic (exact) mass is 349 g/mol. The van der Waals surface area contributed by atoms with Gasteiger partial charge in [0, 0.05) is 5.69 Å². The maximum atomic E-state index is 12.1. The van der Waals surface area contributed by atoms with E-state index in [1.807, 2.05) is 23.1 Å². The Morgan fingerprint density at radius 2 is 1.91 bits per heavy atom. The lowest BCUT2D eigenvalue weighted by atomic mass is 9.85. The second-order valence-corrected chi connectivity index (χ2v) is 7.26. The first kappa shape index (κ1) is 16.1. The summed E-state index contributed by atoms with van der Waals surface area (Å²) in [5.74, 6) is 0.329. The zero-order chi connectivity index (χ0) is 16.8. The van der Waals surface area contributed by atoms with Gasteiger partial charge in [-0.3, -0.25) is 4.79 Å². The van der Waals surface area contributed by atoms with E-state index < -0.39 is 0 Å². The van der Waals surface area contributed by atoms with Crippen molar-refractivity contribution in [1.29, 1.82) is 0 Å². The van der Waals surface area contributed by atoms with E-state index in [0.717, 1.165) is 11.3 Å². The van der Waals surface area contributed by atoms with Crippen LogP contribution in [0.3, 0.4) is 0 Å². The number of carbonyl (C=O) groups is 1. The molecule has 0 bridgehead atoms. The van der Waals surface area contributed by atoms with E-state index in [4.69, 9.17) is 23.2 Å². The predicted octanol–water partition coefficient (Wildman–Crippen LogP) is 4.52. The lowest BCUT2D eigenvalue weighted by Gasteiger charge is -2.34. The summed E-state index contributed by atoms with van der Waals surface area (Å²) in [5.41, 5.74) is 2.53. The minimum Gasteiger partial charge on any atom is -0.334 e. The molecule has 1 aliphatic heterocycles. The number of anilines is 2. The average Bonchev–Trinajstić information content (AvgIpc) is 2.49. The van der Waals surface area contributed by atoms with Crippen LogP contribution in [0.25, 0.3) is 0 Å². The summed E-state index contributed by atoms with van der Waals surface area (Å²) >= 11 is 12.1. The highest BCUT2D eigenvalue weighted by molar-refractivity contribution is 6.41. The molecular formula is C17H17Cl2N3O. The smallest absolute Gasteiger partial charge is 0.256 e. The minimum atomic E-state index is -0.199. The quantitative estimate of drug-likeness (QED) is 0.769. The molecule has 23 heavy (non-hydrogen) atoms. The number of hydrogen-bond donors (Lipinski definition) is 1. The van der Waals surface area contributed by atoms with Gasteiger partial charge in [0.15, 0.2) is 0 Å². The number of pyridine rings is 1. The molecule has 0 aliphatic carbocycles. The maximum absolute atomic E-state index is 12.1. The van der Waals surface area contributed by atoms with Gasteiger partial charge in [-0.1, -0.05) is 62.2 Å². The molecule has 1 N–H and O–H groups in total. The van der Waals surface area contributed by atoms with Crippen molar-refractivity contribution in [3.63, 3.8) is 0 Å². The van der Waals surface area contributed by atoms with Gasteiger partial charge in [0.1, 0.15) is 11.0 Å². The van der Waals surface area contributed by atoms with Crippen LogP contribution in [0.2, 0.25) is 10.2 Å². The Bertz CT molecular complexity index is 784. The molecule has 2 heterocycles. The zero-order valence-electron chi connectivity index (χ0n) is 13.2. The second kappa shape index (κ2) is 5.69. The van der Waals surface area contributed by atoms with Crippen molar-refractivity contribution in [3.05, 3.63) is 51.6 Å². The first-order valence-corrected chi connectivity index (χ1v) is 8.06. The van der Waals surface area contributed by atoms with Crippen LogP contribution in [0, 0.1) is 0 Å². The fourth-order valence-corrected chi connectivity index (χ4v) is 2.98. The molecule has 1 aromatic carbocycles. The van der Waals surface area contributed by atoms with Gasteiger partial charge in [-0.05, 0) is 23.1 Å². The van der Waals surface area contributed by atoms with E-state index in [0.29, 0.717) is 18.1 Å². The van der Waals surface area contributed by atoms with Crippen molar-refractivity contribution >= 4 is 40.6 Å². The molecule has 2 aromatic rings. The molecule has 4 nitrogen and oxygen atoms in total. The summed E-state index contributed by atoms with van der Waals surface area (Å²) in [5, 5.41) is 3.32. The number of benzene rings is 1. The highest BCUT2D eigenvalue weighted by Crippen LogP contribution is 2.38. The summed E-state index contributed by atoms with van der Waals surface area (Å²) < 4.78 is 0. The van der Waals surface area contributed by atoms with Crippen molar-refractivity contribution in [3.8, 4) is 0 Å². The molecule has 0 saturated heterocycles. The molecule has 0 fully saturated rings. The van der Waals surface area contributed by atoms with Crippen molar-refractivity contribution in [1.82, 2.24) is 10.3 Å². The highest BCUT2D eigenvalue weighted by atomic mass is 35.5. The predicted molar refractivity (Wildman–Crippen MR) is 93.9 cm³/mol. The van der Waals surface area contributed by atoms with Crippen LogP contribution in [0.1, 0.15) is 36.7 Å². The molecule has 1 aliphatic rings. The maximum Gasteiger partial charge on any atom is 0.256 e. The van der Waals surface area contributed by atoms with Crippen LogP contribution in [0.4, 0.5) is 11.5 Å². The number of amides is 1. The van der Waals surface area contributed by atoms with Gasteiger partial charge >= 0.3 is 0 Å². The Hall–Kier alpha value is -1.78. The normalized spacial score (nSPS) is 14.5. The topological polar surface area (TPSA) is 45.2 Å². The van der Waals surface area contributed by atoms with Crippen LogP contribution in [0.15, 0.2) is 30.3 Å². The largest absolute Gasteiger partial charge is 0.334 e. The summed E-state index contributed by atoms with van der Waals surface area (Å²) in [7, 11) is 0. The molecule has 6 heteroatoms. The van der Waals surface area contributed by atoms with E-state index in [2.05, 4.69) is 37.1 Å². The third kappa shape index (κ3) is 2.89. The molecule has 1 aromatic heterocycles. The zero-order valence-corrected chi connectivity index (χ0v) is 14.7. The molecule has 0 atom stereocenters. The van der Waals surface area contributed by atoms with E-state index in [9.17, 15) is 4.79 Å². The van der Waals surface area contributed by atoms with Gasteiger partial charge in [0.05, 0.1) is 17.3 Å². The lowest BCUT2D eigenvalue weighted by molar-refractivity contribution is 0.0949. The van der Waals surface area contributed by atoms with Crippen molar-refractivity contribution < 1.29 is 4.79 Å². The number of rotatable bonds is 1. The molecular weight excluding hydrogens is 333 g/mol. The third-order valence-electron chi connectivity index (χ3n) is 3.81. The molecule has 1 amide bonds. The van der Waals surface area contributed by atoms with Crippen LogP contribution in [-0.4, -0.2) is 17.6 Å². The number of carbonyl (C=O) groups excluding carboxylic acids is 1. The Morgan fingerprint density at radius 3 is 2.61 bits per heavy atom. The van der Waals surface area contributed by atoms with Crippen LogP contribution >= 0.6 is 23.2 Å². The third-order valence-corrected chi connectivity index (χ3v) is 4.49. The van der Waals surface area contributed by atoms with Crippen molar-refractivity contribution in [2.45, 2.75) is 26.2 Å². The Balaban J connectivity index is 2.20. The first-order valence-electron chi connectivity index (χ1n) is 7.30. The van der Waals surface area contributed by atoms with Gasteiger partial charge < -0.3 is 10.2 Å². The Morgan fingerprint density at radius 1 is 1.22 bits per heavy atom. The summed E-state index contributed by atoms with van der Waals surface area (Å²) in [6.07, 6.45) is 0. The van der Waals surface area contributed by atoms with E-state index >= 15 is 0 Å². The van der Waals surface area contributed by atoms with Crippen molar-refractivity contribution in [2.24, 2.45) is 0 Å². The standard InChI is InChI=1S/C17H17Cl2N3O/c1-17(2,3)11-6-4-5-7-13(11)22-9-20-16(23)10-8-12(18)14(19)21-15(10)22/h4-8H,9H2,1-3H3,(H,20,23). The van der Waals surface area contributed by atoms with Gasteiger partial charge in [-0.15, -0.1) is 0 Å². The Labute approximate surface area is 145 Å². The van der Waals surface area contributed by atoms with Gasteiger partial charge in [0.2, 0.25) is 0 Å². The fraction of sp³-hybridized carbons (Fsp3) is 0.294. The fourth-order valence-electron chi connectivity index (χ4n) is 2.69. The van der Waals surface area contributed by atoms with Gasteiger partial charge in [0.25, 0.3) is 5.91 Å². The Kier molecular flexibility index (Phi) is 3.98. The summed E-state index contributed by atoms with van der Waals surface area (Å²) in [4.78, 5) is 18.4. The summed E-state index contributed by atoms with van der Waals surface area (Å²) in [6.45, 7) is 6.79. The number of nitrogens with one attached hydrogen (secondary N) is 1. The molecule has 120 valence electrons. The molecule has 0 spiro atoms. The highest BCUT2D eigenvalue weighted by Gasteiger charge is 2.29. The van der Waals surface area contributed by atoms with Crippen LogP contribution < -0.4 is 10.2 Å². The van der Waals surface area contributed by atoms with Crippen LogP contribution in [-0.2, 0) is 5.41 Å².